The van der Waals surface area contributed by atoms with Crippen LogP contribution >= 0.6 is 0 Å². The van der Waals surface area contributed by atoms with Gasteiger partial charge >= 0.3 is 0 Å². The number of carbonyl (C=O) groups excluding carboxylic acids is 1. The van der Waals surface area contributed by atoms with Gasteiger partial charge in [-0.15, -0.1) is 0 Å². The monoisotopic (exact) mass is 288 g/mol. The first kappa shape index (κ1) is 15.4. The van der Waals surface area contributed by atoms with E-state index >= 15 is 0 Å². The third-order valence-electron chi connectivity index (χ3n) is 2.18. The van der Waals surface area contributed by atoms with Crippen molar-refractivity contribution in [3.05, 3.63) is 24.3 Å². The molecule has 0 spiro atoms. The molecule has 1 rings (SSSR count). The summed E-state index contributed by atoms with van der Waals surface area (Å²) < 4.78 is 30.5. The predicted molar refractivity (Wildman–Crippen MR) is 68.2 cm³/mol. The molecule has 1 aromatic carbocycles. The SMILES string of the molecule is COCCNC(=O)CNS(=O)(=O)c1cccc(O)c1. The summed E-state index contributed by atoms with van der Waals surface area (Å²) in [4.78, 5) is 11.2. The van der Waals surface area contributed by atoms with E-state index in [2.05, 4.69) is 10.0 Å². The number of methoxy groups -OCH3 is 1. The highest BCUT2D eigenvalue weighted by Crippen LogP contribution is 2.15. The van der Waals surface area contributed by atoms with Gasteiger partial charge in [-0.1, -0.05) is 6.07 Å². The summed E-state index contributed by atoms with van der Waals surface area (Å²) in [5, 5.41) is 11.7. The molecule has 0 aliphatic rings. The molecule has 0 saturated heterocycles. The number of rotatable bonds is 7. The number of nitrogens with one attached hydrogen (secondary N) is 2. The van der Waals surface area contributed by atoms with Gasteiger partial charge in [-0.3, -0.25) is 4.79 Å². The zero-order valence-electron chi connectivity index (χ0n) is 10.4. The molecule has 0 aliphatic heterocycles. The van der Waals surface area contributed by atoms with Gasteiger partial charge < -0.3 is 15.2 Å². The largest absolute Gasteiger partial charge is 0.508 e. The summed E-state index contributed by atoms with van der Waals surface area (Å²) >= 11 is 0. The molecule has 0 aromatic heterocycles. The summed E-state index contributed by atoms with van der Waals surface area (Å²) in [6, 6.07) is 5.19. The van der Waals surface area contributed by atoms with Crippen LogP contribution in [-0.4, -0.2) is 46.2 Å². The Hall–Kier alpha value is -1.64. The Morgan fingerprint density at radius 2 is 2.16 bits per heavy atom. The average molecular weight is 288 g/mol. The third-order valence-corrected chi connectivity index (χ3v) is 3.58. The number of hydrogen-bond donors (Lipinski definition) is 3. The molecule has 7 nitrogen and oxygen atoms in total. The molecule has 106 valence electrons. The minimum Gasteiger partial charge on any atom is -0.508 e. The van der Waals surface area contributed by atoms with Gasteiger partial charge in [-0.05, 0) is 18.2 Å². The number of benzene rings is 1. The van der Waals surface area contributed by atoms with E-state index in [1.54, 1.807) is 0 Å². The molecule has 19 heavy (non-hydrogen) atoms. The molecule has 0 bridgehead atoms. The van der Waals surface area contributed by atoms with Crippen molar-refractivity contribution < 1.29 is 23.1 Å². The minimum atomic E-state index is -3.81. The number of amides is 1. The first-order valence-corrected chi connectivity index (χ1v) is 6.98. The summed E-state index contributed by atoms with van der Waals surface area (Å²) in [6.45, 7) is 0.288. The predicted octanol–water partition coefficient (Wildman–Crippen LogP) is -0.567. The molecule has 0 radical (unpaired) electrons. The Morgan fingerprint density at radius 3 is 2.79 bits per heavy atom. The van der Waals surface area contributed by atoms with Crippen LogP contribution in [0.1, 0.15) is 0 Å². The summed E-state index contributed by atoms with van der Waals surface area (Å²) in [6.07, 6.45) is 0. The minimum absolute atomic E-state index is 0.0998. The topological polar surface area (TPSA) is 105 Å². The standard InChI is InChI=1S/C11H16N2O5S/c1-18-6-5-12-11(15)8-13-19(16,17)10-4-2-3-9(14)7-10/h2-4,7,13-14H,5-6,8H2,1H3,(H,12,15). The highest BCUT2D eigenvalue weighted by molar-refractivity contribution is 7.89. The lowest BCUT2D eigenvalue weighted by atomic mass is 10.3. The van der Waals surface area contributed by atoms with Gasteiger partial charge in [0.15, 0.2) is 0 Å². The Kier molecular flexibility index (Phi) is 5.74. The van der Waals surface area contributed by atoms with Gasteiger partial charge in [-0.2, -0.15) is 0 Å². The van der Waals surface area contributed by atoms with E-state index in [1.165, 1.54) is 25.3 Å². The van der Waals surface area contributed by atoms with Crippen molar-refractivity contribution in [2.75, 3.05) is 26.8 Å². The van der Waals surface area contributed by atoms with Crippen LogP contribution in [0.15, 0.2) is 29.2 Å². The van der Waals surface area contributed by atoms with Crippen molar-refractivity contribution in [2.45, 2.75) is 4.90 Å². The fourth-order valence-electron chi connectivity index (χ4n) is 1.25. The third kappa shape index (κ3) is 5.25. The Labute approximate surface area is 111 Å². The van der Waals surface area contributed by atoms with Crippen LogP contribution in [0.5, 0.6) is 5.75 Å². The molecular formula is C11H16N2O5S. The highest BCUT2D eigenvalue weighted by atomic mass is 32.2. The molecule has 0 unspecified atom stereocenters. The molecule has 0 atom stereocenters. The quantitative estimate of drug-likeness (QED) is 0.583. The van der Waals surface area contributed by atoms with Crippen molar-refractivity contribution >= 4 is 15.9 Å². The molecule has 0 heterocycles. The van der Waals surface area contributed by atoms with Crippen molar-refractivity contribution in [1.82, 2.24) is 10.0 Å². The number of aromatic hydroxyl groups is 1. The smallest absolute Gasteiger partial charge is 0.241 e. The lowest BCUT2D eigenvalue weighted by molar-refractivity contribution is -0.120. The van der Waals surface area contributed by atoms with Crippen molar-refractivity contribution in [3.63, 3.8) is 0 Å². The first-order valence-electron chi connectivity index (χ1n) is 5.50. The molecule has 0 fully saturated rings. The normalized spacial score (nSPS) is 11.2. The van der Waals surface area contributed by atoms with Crippen molar-refractivity contribution in [3.8, 4) is 5.75 Å². The van der Waals surface area contributed by atoms with Crippen LogP contribution < -0.4 is 10.0 Å². The van der Waals surface area contributed by atoms with Gasteiger partial charge in [-0.25, -0.2) is 13.1 Å². The summed E-state index contributed by atoms with van der Waals surface area (Å²) in [5.74, 6) is -0.617. The van der Waals surface area contributed by atoms with Crippen LogP contribution in [-0.2, 0) is 19.6 Å². The van der Waals surface area contributed by atoms with Crippen LogP contribution in [0.3, 0.4) is 0 Å². The average Bonchev–Trinajstić information content (AvgIpc) is 2.37. The van der Waals surface area contributed by atoms with Crippen molar-refractivity contribution in [2.24, 2.45) is 0 Å². The fraction of sp³-hybridized carbons (Fsp3) is 0.364. The Morgan fingerprint density at radius 1 is 1.42 bits per heavy atom. The number of sulfonamides is 1. The maximum atomic E-state index is 11.8. The highest BCUT2D eigenvalue weighted by Gasteiger charge is 2.15. The van der Waals surface area contributed by atoms with E-state index in [-0.39, 0.29) is 17.2 Å². The molecule has 0 saturated carbocycles. The second-order valence-corrected chi connectivity index (χ2v) is 5.43. The van der Waals surface area contributed by atoms with Gasteiger partial charge in [0.2, 0.25) is 15.9 Å². The maximum Gasteiger partial charge on any atom is 0.241 e. The zero-order valence-corrected chi connectivity index (χ0v) is 11.2. The lowest BCUT2D eigenvalue weighted by Crippen LogP contribution is -2.38. The first-order chi connectivity index (χ1) is 8.95. The molecule has 1 aromatic rings. The van der Waals surface area contributed by atoms with E-state index in [0.717, 1.165) is 6.07 Å². The number of carbonyl (C=O) groups is 1. The second kappa shape index (κ2) is 7.07. The van der Waals surface area contributed by atoms with Crippen molar-refractivity contribution in [1.29, 1.82) is 0 Å². The summed E-state index contributed by atoms with van der Waals surface area (Å²) in [7, 11) is -2.31. The maximum absolute atomic E-state index is 11.8. The molecule has 3 N–H and O–H groups in total. The van der Waals surface area contributed by atoms with Gasteiger partial charge in [0, 0.05) is 13.7 Å². The van der Waals surface area contributed by atoms with Crippen LogP contribution in [0, 0.1) is 0 Å². The van der Waals surface area contributed by atoms with Gasteiger partial charge in [0.05, 0.1) is 18.0 Å². The Bertz CT molecular complexity index is 530. The van der Waals surface area contributed by atoms with E-state index in [0.29, 0.717) is 13.2 Å². The van der Waals surface area contributed by atoms with Crippen LogP contribution in [0.4, 0.5) is 0 Å². The summed E-state index contributed by atoms with van der Waals surface area (Å²) in [5.41, 5.74) is 0. The molecule has 1 amide bonds. The fourth-order valence-corrected chi connectivity index (χ4v) is 2.27. The lowest BCUT2D eigenvalue weighted by Gasteiger charge is -2.07. The van der Waals surface area contributed by atoms with E-state index in [9.17, 15) is 18.3 Å². The number of hydrogen-bond acceptors (Lipinski definition) is 5. The van der Waals surface area contributed by atoms with E-state index in [1.807, 2.05) is 0 Å². The second-order valence-electron chi connectivity index (χ2n) is 3.66. The molecular weight excluding hydrogens is 272 g/mol. The van der Waals surface area contributed by atoms with Gasteiger partial charge in [0.25, 0.3) is 0 Å². The zero-order chi connectivity index (χ0) is 14.3. The molecule has 8 heteroatoms. The number of phenolic OH excluding ortho intramolecular Hbond substituents is 1. The van der Waals surface area contributed by atoms with Gasteiger partial charge in [0.1, 0.15) is 5.75 Å². The molecule has 0 aliphatic carbocycles. The van der Waals surface area contributed by atoms with E-state index < -0.39 is 15.9 Å². The number of ether oxygens (including phenoxy) is 1. The van der Waals surface area contributed by atoms with E-state index in [4.69, 9.17) is 4.74 Å². The van der Waals surface area contributed by atoms with Crippen LogP contribution in [0.2, 0.25) is 0 Å². The number of phenols is 1. The van der Waals surface area contributed by atoms with Crippen LogP contribution in [0.25, 0.3) is 0 Å². The Balaban J connectivity index is 2.54.